The van der Waals surface area contributed by atoms with Gasteiger partial charge in [-0.2, -0.15) is 0 Å². The van der Waals surface area contributed by atoms with Crippen LogP contribution in [0.3, 0.4) is 0 Å². The molecule has 2 heterocycles. The Labute approximate surface area is 132 Å². The van der Waals surface area contributed by atoms with E-state index < -0.39 is 5.97 Å². The standard InChI is InChI=1S/C14H9BrN2O3S/c1-7-10-12(20-9-4-2-8(15)3-5-9)16-6-17-13(10)21-11(7)14(18)19/h2-6H,1H3,(H,18,19). The van der Waals surface area contributed by atoms with Crippen LogP contribution in [0.5, 0.6) is 11.6 Å². The maximum atomic E-state index is 11.2. The molecule has 0 amide bonds. The van der Waals surface area contributed by atoms with E-state index >= 15 is 0 Å². The number of benzene rings is 1. The SMILES string of the molecule is Cc1c(C(=O)O)sc2ncnc(Oc3ccc(Br)cc3)c12. The van der Waals surface area contributed by atoms with Crippen LogP contribution in [0, 0.1) is 6.92 Å². The Morgan fingerprint density at radius 1 is 1.29 bits per heavy atom. The second kappa shape index (κ2) is 5.42. The lowest BCUT2D eigenvalue weighted by Crippen LogP contribution is -1.95. The molecule has 0 spiro atoms. The van der Waals surface area contributed by atoms with Crippen molar-refractivity contribution in [3.63, 3.8) is 0 Å². The molecule has 0 radical (unpaired) electrons. The summed E-state index contributed by atoms with van der Waals surface area (Å²) in [6.07, 6.45) is 1.37. The van der Waals surface area contributed by atoms with Gasteiger partial charge in [-0.25, -0.2) is 14.8 Å². The number of carboxylic acid groups (broad SMARTS) is 1. The first kappa shape index (κ1) is 14.0. The third kappa shape index (κ3) is 2.62. The van der Waals surface area contributed by atoms with Crippen molar-refractivity contribution in [2.24, 2.45) is 0 Å². The maximum absolute atomic E-state index is 11.2. The molecule has 0 saturated heterocycles. The van der Waals surface area contributed by atoms with Crippen LogP contribution in [0.15, 0.2) is 35.1 Å². The second-order valence-electron chi connectivity index (χ2n) is 4.28. The Kier molecular flexibility index (Phi) is 3.60. The number of thiophene rings is 1. The van der Waals surface area contributed by atoms with E-state index in [1.807, 2.05) is 12.1 Å². The van der Waals surface area contributed by atoms with Crippen LogP contribution < -0.4 is 4.74 Å². The monoisotopic (exact) mass is 364 g/mol. The van der Waals surface area contributed by atoms with Gasteiger partial charge in [-0.15, -0.1) is 11.3 Å². The molecular weight excluding hydrogens is 356 g/mol. The highest BCUT2D eigenvalue weighted by Gasteiger charge is 2.19. The average Bonchev–Trinajstić information content (AvgIpc) is 2.80. The molecule has 21 heavy (non-hydrogen) atoms. The summed E-state index contributed by atoms with van der Waals surface area (Å²) < 4.78 is 6.71. The van der Waals surface area contributed by atoms with E-state index in [-0.39, 0.29) is 4.88 Å². The number of rotatable bonds is 3. The van der Waals surface area contributed by atoms with E-state index in [9.17, 15) is 9.90 Å². The summed E-state index contributed by atoms with van der Waals surface area (Å²) in [6.45, 7) is 1.74. The average molecular weight is 365 g/mol. The van der Waals surface area contributed by atoms with Gasteiger partial charge in [-0.1, -0.05) is 15.9 Å². The van der Waals surface area contributed by atoms with Gasteiger partial charge in [-0.05, 0) is 36.8 Å². The number of ether oxygens (including phenoxy) is 1. The number of aromatic carboxylic acids is 1. The molecule has 7 heteroatoms. The van der Waals surface area contributed by atoms with Crippen LogP contribution in [-0.4, -0.2) is 21.0 Å². The minimum Gasteiger partial charge on any atom is -0.477 e. The number of nitrogens with zero attached hydrogens (tertiary/aromatic N) is 2. The zero-order valence-electron chi connectivity index (χ0n) is 10.8. The van der Waals surface area contributed by atoms with Gasteiger partial charge in [0, 0.05) is 4.47 Å². The van der Waals surface area contributed by atoms with Crippen molar-refractivity contribution in [3.05, 3.63) is 45.5 Å². The van der Waals surface area contributed by atoms with Crippen molar-refractivity contribution < 1.29 is 14.6 Å². The Bertz CT molecular complexity index is 830. The molecule has 0 saturated carbocycles. The minimum absolute atomic E-state index is 0.256. The lowest BCUT2D eigenvalue weighted by atomic mass is 10.2. The van der Waals surface area contributed by atoms with Crippen molar-refractivity contribution in [3.8, 4) is 11.6 Å². The summed E-state index contributed by atoms with van der Waals surface area (Å²) >= 11 is 4.48. The van der Waals surface area contributed by atoms with Crippen molar-refractivity contribution in [1.29, 1.82) is 0 Å². The van der Waals surface area contributed by atoms with Crippen molar-refractivity contribution in [2.75, 3.05) is 0 Å². The number of carbonyl (C=O) groups is 1. The molecule has 0 aliphatic rings. The van der Waals surface area contributed by atoms with Crippen LogP contribution in [0.2, 0.25) is 0 Å². The summed E-state index contributed by atoms with van der Waals surface area (Å²) in [5.74, 6) is 0.0225. The normalized spacial score (nSPS) is 10.8. The first-order valence-electron chi connectivity index (χ1n) is 5.97. The summed E-state index contributed by atoms with van der Waals surface area (Å²) in [6, 6.07) is 7.32. The Hall–Kier alpha value is -1.99. The Balaban J connectivity index is 2.10. The van der Waals surface area contributed by atoms with Crippen molar-refractivity contribution in [2.45, 2.75) is 6.92 Å². The minimum atomic E-state index is -0.968. The first-order chi connectivity index (χ1) is 10.1. The summed E-state index contributed by atoms with van der Waals surface area (Å²) in [5.41, 5.74) is 0.621. The van der Waals surface area contributed by atoms with Gasteiger partial charge in [0.1, 0.15) is 21.8 Å². The highest BCUT2D eigenvalue weighted by molar-refractivity contribution is 9.10. The zero-order valence-corrected chi connectivity index (χ0v) is 13.2. The predicted octanol–water partition coefficient (Wildman–Crippen LogP) is 4.25. The third-order valence-electron chi connectivity index (χ3n) is 2.91. The largest absolute Gasteiger partial charge is 0.477 e. The number of aromatic nitrogens is 2. The molecule has 0 atom stereocenters. The van der Waals surface area contributed by atoms with E-state index in [2.05, 4.69) is 25.9 Å². The van der Waals surface area contributed by atoms with Gasteiger partial charge >= 0.3 is 5.97 Å². The zero-order chi connectivity index (χ0) is 15.0. The summed E-state index contributed by atoms with van der Waals surface area (Å²) in [7, 11) is 0. The number of fused-ring (bicyclic) bond motifs is 1. The second-order valence-corrected chi connectivity index (χ2v) is 6.19. The fraction of sp³-hybridized carbons (Fsp3) is 0.0714. The van der Waals surface area contributed by atoms with Gasteiger partial charge < -0.3 is 9.84 Å². The highest BCUT2D eigenvalue weighted by atomic mass is 79.9. The van der Waals surface area contributed by atoms with E-state index in [0.717, 1.165) is 15.8 Å². The summed E-state index contributed by atoms with van der Waals surface area (Å²) in [5, 5.41) is 9.84. The van der Waals surface area contributed by atoms with E-state index in [1.165, 1.54) is 6.33 Å². The first-order valence-corrected chi connectivity index (χ1v) is 7.58. The molecule has 3 rings (SSSR count). The number of hydrogen-bond donors (Lipinski definition) is 1. The van der Waals surface area contributed by atoms with Crippen molar-refractivity contribution in [1.82, 2.24) is 9.97 Å². The smallest absolute Gasteiger partial charge is 0.346 e. The van der Waals surface area contributed by atoms with E-state index in [0.29, 0.717) is 27.4 Å². The molecule has 0 unspecified atom stereocenters. The molecule has 0 aliphatic heterocycles. The van der Waals surface area contributed by atoms with Crippen LogP contribution >= 0.6 is 27.3 Å². The van der Waals surface area contributed by atoms with Gasteiger partial charge in [-0.3, -0.25) is 0 Å². The van der Waals surface area contributed by atoms with Gasteiger partial charge in [0.2, 0.25) is 5.88 Å². The number of hydrogen-bond acceptors (Lipinski definition) is 5. The van der Waals surface area contributed by atoms with Crippen molar-refractivity contribution >= 4 is 43.5 Å². The molecule has 0 bridgehead atoms. The number of halogens is 1. The van der Waals surface area contributed by atoms with Gasteiger partial charge in [0.25, 0.3) is 0 Å². The lowest BCUT2D eigenvalue weighted by Gasteiger charge is -2.06. The molecule has 1 N–H and O–H groups in total. The maximum Gasteiger partial charge on any atom is 0.346 e. The fourth-order valence-corrected chi connectivity index (χ4v) is 3.18. The number of carboxylic acids is 1. The van der Waals surface area contributed by atoms with Crippen LogP contribution in [0.25, 0.3) is 10.2 Å². The molecule has 0 aliphatic carbocycles. The predicted molar refractivity (Wildman–Crippen MR) is 83.3 cm³/mol. The van der Waals surface area contributed by atoms with E-state index in [4.69, 9.17) is 4.74 Å². The molecule has 3 aromatic rings. The molecule has 5 nitrogen and oxygen atoms in total. The quantitative estimate of drug-likeness (QED) is 0.751. The topological polar surface area (TPSA) is 72.3 Å². The molecule has 106 valence electrons. The molecular formula is C14H9BrN2O3S. The Morgan fingerprint density at radius 3 is 2.67 bits per heavy atom. The van der Waals surface area contributed by atoms with Crippen LogP contribution in [0.1, 0.15) is 15.2 Å². The van der Waals surface area contributed by atoms with Crippen LogP contribution in [0.4, 0.5) is 0 Å². The molecule has 0 fully saturated rings. The summed E-state index contributed by atoms with van der Waals surface area (Å²) in [4.78, 5) is 20.3. The van der Waals surface area contributed by atoms with Gasteiger partial charge in [0.05, 0.1) is 5.39 Å². The van der Waals surface area contributed by atoms with Gasteiger partial charge in [0.15, 0.2) is 0 Å². The van der Waals surface area contributed by atoms with E-state index in [1.54, 1.807) is 19.1 Å². The molecule has 1 aromatic carbocycles. The fourth-order valence-electron chi connectivity index (χ4n) is 1.93. The Morgan fingerprint density at radius 2 is 2.00 bits per heavy atom. The third-order valence-corrected chi connectivity index (χ3v) is 4.63. The number of aryl methyl sites for hydroxylation is 1. The van der Waals surface area contributed by atoms with Crippen LogP contribution in [-0.2, 0) is 0 Å². The lowest BCUT2D eigenvalue weighted by molar-refractivity contribution is 0.0701. The molecule has 2 aromatic heterocycles. The highest BCUT2D eigenvalue weighted by Crippen LogP contribution is 2.36.